The van der Waals surface area contributed by atoms with Crippen LogP contribution >= 0.6 is 0 Å². The Morgan fingerprint density at radius 3 is 2.34 bits per heavy atom. The summed E-state index contributed by atoms with van der Waals surface area (Å²) >= 11 is 0. The lowest BCUT2D eigenvalue weighted by Crippen LogP contribution is -2.30. The van der Waals surface area contributed by atoms with E-state index in [1.165, 1.54) is 4.31 Å². The van der Waals surface area contributed by atoms with E-state index in [4.69, 9.17) is 0 Å². The van der Waals surface area contributed by atoms with Crippen LogP contribution in [0.15, 0.2) is 89.8 Å². The van der Waals surface area contributed by atoms with Gasteiger partial charge in [0, 0.05) is 24.0 Å². The quantitative estimate of drug-likeness (QED) is 0.397. The molecule has 0 spiro atoms. The zero-order chi connectivity index (χ0) is 22.1. The fourth-order valence-corrected chi connectivity index (χ4v) is 5.27. The van der Waals surface area contributed by atoms with Gasteiger partial charge in [0.05, 0.1) is 10.4 Å². The monoisotopic (exact) mass is 443 g/mol. The number of aromatic nitrogens is 4. The van der Waals surface area contributed by atoms with Crippen molar-refractivity contribution in [3.8, 4) is 0 Å². The zero-order valence-electron chi connectivity index (χ0n) is 17.5. The van der Waals surface area contributed by atoms with E-state index < -0.39 is 10.0 Å². The number of rotatable bonds is 6. The van der Waals surface area contributed by atoms with Crippen LogP contribution in [-0.2, 0) is 23.1 Å². The summed E-state index contributed by atoms with van der Waals surface area (Å²) in [4.78, 5) is 0.253. The Morgan fingerprint density at radius 2 is 1.59 bits per heavy atom. The third kappa shape index (κ3) is 3.74. The molecule has 7 nitrogen and oxygen atoms in total. The van der Waals surface area contributed by atoms with Crippen molar-refractivity contribution in [2.75, 3.05) is 0 Å². The number of sulfonamides is 1. The van der Waals surface area contributed by atoms with Crippen LogP contribution in [-0.4, -0.2) is 32.8 Å². The first-order valence-corrected chi connectivity index (χ1v) is 11.7. The Morgan fingerprint density at radius 1 is 0.875 bits per heavy atom. The molecule has 8 heteroatoms. The number of aryl methyl sites for hydroxylation is 1. The summed E-state index contributed by atoms with van der Waals surface area (Å²) in [5, 5.41) is 13.1. The van der Waals surface area contributed by atoms with Crippen LogP contribution in [0, 0.1) is 6.92 Å². The second-order valence-electron chi connectivity index (χ2n) is 7.72. The van der Waals surface area contributed by atoms with Gasteiger partial charge in [-0.3, -0.25) is 0 Å². The average Bonchev–Trinajstić information content (AvgIpc) is 3.30. The van der Waals surface area contributed by atoms with Gasteiger partial charge in [0.2, 0.25) is 10.0 Å². The van der Waals surface area contributed by atoms with Crippen LogP contribution in [0.2, 0.25) is 0 Å². The van der Waals surface area contributed by atoms with Gasteiger partial charge >= 0.3 is 0 Å². The standard InChI is InChI=1S/C24H21N5O2S/c1-18-12-13-23-20(14-18)15-21(24-25-26-27-29(23)24)17-28(16-19-8-4-2-5-9-19)32(30,31)22-10-6-3-7-11-22/h2-15H,16-17H2,1H3. The van der Waals surface area contributed by atoms with E-state index in [0.29, 0.717) is 5.65 Å². The first-order valence-electron chi connectivity index (χ1n) is 10.2. The number of tetrazole rings is 1. The number of nitrogens with zero attached hydrogens (tertiary/aromatic N) is 5. The zero-order valence-corrected chi connectivity index (χ0v) is 18.3. The van der Waals surface area contributed by atoms with Gasteiger partial charge in [0.1, 0.15) is 0 Å². The highest BCUT2D eigenvalue weighted by atomic mass is 32.2. The maximum Gasteiger partial charge on any atom is 0.243 e. The molecular formula is C24H21N5O2S. The van der Waals surface area contributed by atoms with E-state index in [2.05, 4.69) is 15.5 Å². The van der Waals surface area contributed by atoms with Crippen LogP contribution in [0.5, 0.6) is 0 Å². The Labute approximate surface area is 186 Å². The number of pyridine rings is 1. The van der Waals surface area contributed by atoms with E-state index >= 15 is 0 Å². The van der Waals surface area contributed by atoms with Crippen molar-refractivity contribution in [1.29, 1.82) is 0 Å². The molecule has 0 unspecified atom stereocenters. The van der Waals surface area contributed by atoms with Crippen LogP contribution in [0.25, 0.3) is 16.6 Å². The summed E-state index contributed by atoms with van der Waals surface area (Å²) in [7, 11) is -3.76. The van der Waals surface area contributed by atoms with Gasteiger partial charge < -0.3 is 0 Å². The van der Waals surface area contributed by atoms with Gasteiger partial charge in [0.15, 0.2) is 5.65 Å². The van der Waals surface area contributed by atoms with E-state index in [1.807, 2.05) is 61.5 Å². The van der Waals surface area contributed by atoms with E-state index in [0.717, 1.165) is 27.6 Å². The molecule has 0 aliphatic carbocycles. The molecule has 0 bridgehead atoms. The summed E-state index contributed by atoms with van der Waals surface area (Å²) in [6, 6.07) is 26.1. The number of fused-ring (bicyclic) bond motifs is 3. The van der Waals surface area contributed by atoms with Crippen molar-refractivity contribution in [2.45, 2.75) is 24.9 Å². The van der Waals surface area contributed by atoms with Crippen LogP contribution in [0.4, 0.5) is 0 Å². The molecule has 0 fully saturated rings. The average molecular weight is 444 g/mol. The smallest absolute Gasteiger partial charge is 0.207 e. The molecule has 0 atom stereocenters. The summed E-state index contributed by atoms with van der Waals surface area (Å²) in [5.74, 6) is 0. The maximum absolute atomic E-state index is 13.6. The minimum atomic E-state index is -3.76. The molecule has 0 N–H and O–H groups in total. The molecule has 0 aliphatic heterocycles. The first-order chi connectivity index (χ1) is 15.5. The summed E-state index contributed by atoms with van der Waals surface area (Å²) in [6.07, 6.45) is 0. The number of hydrogen-bond donors (Lipinski definition) is 0. The molecule has 32 heavy (non-hydrogen) atoms. The molecule has 160 valence electrons. The summed E-state index contributed by atoms with van der Waals surface area (Å²) < 4.78 is 30.3. The predicted octanol–water partition coefficient (Wildman–Crippen LogP) is 3.98. The Kier molecular flexibility index (Phi) is 5.16. The van der Waals surface area contributed by atoms with Crippen molar-refractivity contribution < 1.29 is 8.42 Å². The molecule has 2 heterocycles. The highest BCUT2D eigenvalue weighted by molar-refractivity contribution is 7.89. The van der Waals surface area contributed by atoms with Gasteiger partial charge in [-0.1, -0.05) is 60.2 Å². The second kappa shape index (κ2) is 8.14. The molecule has 2 aromatic heterocycles. The van der Waals surface area contributed by atoms with Crippen LogP contribution in [0.1, 0.15) is 16.7 Å². The molecule has 5 rings (SSSR count). The normalized spacial score (nSPS) is 12.1. The molecular weight excluding hydrogens is 422 g/mol. The molecule has 0 saturated carbocycles. The van der Waals surface area contributed by atoms with Crippen molar-refractivity contribution in [3.63, 3.8) is 0 Å². The van der Waals surface area contributed by atoms with Crippen molar-refractivity contribution >= 4 is 26.6 Å². The highest BCUT2D eigenvalue weighted by Crippen LogP contribution is 2.25. The van der Waals surface area contributed by atoms with Gasteiger partial charge in [-0.05, 0) is 53.2 Å². The third-order valence-corrected chi connectivity index (χ3v) is 7.23. The van der Waals surface area contributed by atoms with Crippen LogP contribution in [0.3, 0.4) is 0 Å². The van der Waals surface area contributed by atoms with Gasteiger partial charge in [-0.25, -0.2) is 8.42 Å². The van der Waals surface area contributed by atoms with Gasteiger partial charge in [-0.15, -0.1) is 5.10 Å². The fraction of sp³-hybridized carbons (Fsp3) is 0.125. The molecule has 3 aromatic carbocycles. The van der Waals surface area contributed by atoms with E-state index in [-0.39, 0.29) is 18.0 Å². The lowest BCUT2D eigenvalue weighted by Gasteiger charge is -2.23. The fourth-order valence-electron chi connectivity index (χ4n) is 3.85. The SMILES string of the molecule is Cc1ccc2c(c1)cc(CN(Cc1ccccc1)S(=O)(=O)c1ccccc1)c1nnnn12. The Bertz CT molecular complexity index is 1500. The van der Waals surface area contributed by atoms with Crippen molar-refractivity contribution in [3.05, 3.63) is 102 Å². The molecule has 0 radical (unpaired) electrons. The molecule has 0 amide bonds. The maximum atomic E-state index is 13.6. The largest absolute Gasteiger partial charge is 0.243 e. The van der Waals surface area contributed by atoms with Crippen LogP contribution < -0.4 is 0 Å². The summed E-state index contributed by atoms with van der Waals surface area (Å²) in [5.41, 5.74) is 4.17. The van der Waals surface area contributed by atoms with Gasteiger partial charge in [0.25, 0.3) is 0 Å². The molecule has 0 aliphatic rings. The predicted molar refractivity (Wildman–Crippen MR) is 122 cm³/mol. The van der Waals surface area contributed by atoms with E-state index in [1.54, 1.807) is 34.8 Å². The molecule has 5 aromatic rings. The Balaban J connectivity index is 1.64. The third-order valence-electron chi connectivity index (χ3n) is 5.43. The van der Waals surface area contributed by atoms with Crippen molar-refractivity contribution in [1.82, 2.24) is 24.3 Å². The lowest BCUT2D eigenvalue weighted by atomic mass is 10.1. The lowest BCUT2D eigenvalue weighted by molar-refractivity contribution is 0.402. The molecule has 0 saturated heterocycles. The second-order valence-corrected chi connectivity index (χ2v) is 9.66. The minimum absolute atomic E-state index is 0.139. The van der Waals surface area contributed by atoms with Gasteiger partial charge in [-0.2, -0.15) is 8.82 Å². The number of benzene rings is 3. The topological polar surface area (TPSA) is 80.5 Å². The minimum Gasteiger partial charge on any atom is -0.207 e. The summed E-state index contributed by atoms with van der Waals surface area (Å²) in [6.45, 7) is 2.39. The van der Waals surface area contributed by atoms with E-state index in [9.17, 15) is 8.42 Å². The van der Waals surface area contributed by atoms with Crippen molar-refractivity contribution in [2.24, 2.45) is 0 Å². The Hall–Kier alpha value is -3.62. The number of hydrogen-bond acceptors (Lipinski definition) is 5. The first kappa shape index (κ1) is 20.3. The highest BCUT2D eigenvalue weighted by Gasteiger charge is 2.26.